The van der Waals surface area contributed by atoms with Crippen molar-refractivity contribution in [3.05, 3.63) is 29.8 Å². The third-order valence-electron chi connectivity index (χ3n) is 5.98. The number of benzene rings is 1. The van der Waals surface area contributed by atoms with Crippen LogP contribution in [0.1, 0.15) is 74.6 Å². The monoisotopic (exact) mass is 372 g/mol. The van der Waals surface area contributed by atoms with Gasteiger partial charge in [-0.3, -0.25) is 9.69 Å². The van der Waals surface area contributed by atoms with Gasteiger partial charge in [0, 0.05) is 17.8 Å². The Hall–Kier alpha value is -1.88. The number of ether oxygens (including phenoxy) is 1. The van der Waals surface area contributed by atoms with E-state index < -0.39 is 5.97 Å². The molecule has 0 atom stereocenters. The molecule has 5 heteroatoms. The molecule has 0 aromatic heterocycles. The molecule has 0 heterocycles. The van der Waals surface area contributed by atoms with Crippen molar-refractivity contribution in [3.8, 4) is 0 Å². The zero-order valence-corrected chi connectivity index (χ0v) is 16.4. The van der Waals surface area contributed by atoms with Crippen LogP contribution in [0.5, 0.6) is 0 Å². The molecule has 1 aromatic carbocycles. The zero-order chi connectivity index (χ0) is 19.1. The summed E-state index contributed by atoms with van der Waals surface area (Å²) in [4.78, 5) is 27.0. The van der Waals surface area contributed by atoms with E-state index in [1.54, 1.807) is 18.2 Å². The predicted molar refractivity (Wildman–Crippen MR) is 107 cm³/mol. The first kappa shape index (κ1) is 19.9. The number of carbonyl (C=O) groups is 2. The van der Waals surface area contributed by atoms with Crippen molar-refractivity contribution in [2.24, 2.45) is 0 Å². The molecular formula is C22H32N2O3. The molecule has 148 valence electrons. The Labute approximate surface area is 162 Å². The van der Waals surface area contributed by atoms with Crippen molar-refractivity contribution in [3.63, 3.8) is 0 Å². The van der Waals surface area contributed by atoms with E-state index in [0.29, 0.717) is 29.9 Å². The molecule has 3 rings (SSSR count). The average molecular weight is 373 g/mol. The fourth-order valence-corrected chi connectivity index (χ4v) is 4.59. The molecule has 2 aliphatic rings. The fraction of sp³-hybridized carbons (Fsp3) is 0.636. The quantitative estimate of drug-likeness (QED) is 0.753. The van der Waals surface area contributed by atoms with E-state index >= 15 is 0 Å². The number of nitrogens with one attached hydrogen (secondary N) is 1. The number of amides is 1. The van der Waals surface area contributed by atoms with Crippen LogP contribution in [0.4, 0.5) is 5.69 Å². The van der Waals surface area contributed by atoms with Gasteiger partial charge in [-0.2, -0.15) is 0 Å². The smallest absolute Gasteiger partial charge is 0.337 e. The van der Waals surface area contributed by atoms with E-state index in [0.717, 1.165) is 0 Å². The average Bonchev–Trinajstić information content (AvgIpc) is 2.73. The summed E-state index contributed by atoms with van der Waals surface area (Å²) in [6.45, 7) is 0.442. The highest BCUT2D eigenvalue weighted by Gasteiger charge is 2.30. The lowest BCUT2D eigenvalue weighted by Crippen LogP contribution is -2.48. The molecule has 0 aliphatic heterocycles. The van der Waals surface area contributed by atoms with Crippen LogP contribution in [0.3, 0.4) is 0 Å². The maximum Gasteiger partial charge on any atom is 0.337 e. The second-order valence-corrected chi connectivity index (χ2v) is 7.88. The number of nitrogens with zero attached hydrogens (tertiary/aromatic N) is 1. The number of carbonyl (C=O) groups excluding carboxylic acids is 2. The Morgan fingerprint density at radius 3 is 2.15 bits per heavy atom. The van der Waals surface area contributed by atoms with Crippen LogP contribution in [0.2, 0.25) is 0 Å². The Kier molecular flexibility index (Phi) is 7.27. The molecule has 1 aromatic rings. The van der Waals surface area contributed by atoms with Crippen molar-refractivity contribution in [1.82, 2.24) is 4.90 Å². The largest absolute Gasteiger partial charge is 0.465 e. The van der Waals surface area contributed by atoms with E-state index in [-0.39, 0.29) is 5.91 Å². The Morgan fingerprint density at radius 2 is 1.59 bits per heavy atom. The van der Waals surface area contributed by atoms with E-state index in [4.69, 9.17) is 4.74 Å². The minimum absolute atomic E-state index is 0.00756. The van der Waals surface area contributed by atoms with Crippen LogP contribution < -0.4 is 5.32 Å². The SMILES string of the molecule is COC(=O)c1cccc(NC(=O)CN(C2CCCCC2)C2CCCCC2)c1. The van der Waals surface area contributed by atoms with Gasteiger partial charge in [0.1, 0.15) is 0 Å². The summed E-state index contributed by atoms with van der Waals surface area (Å²) in [6, 6.07) is 8.02. The van der Waals surface area contributed by atoms with Crippen LogP contribution in [0.25, 0.3) is 0 Å². The van der Waals surface area contributed by atoms with Crippen molar-refractivity contribution >= 4 is 17.6 Å². The summed E-state index contributed by atoms with van der Waals surface area (Å²) < 4.78 is 4.76. The molecule has 1 amide bonds. The number of esters is 1. The topological polar surface area (TPSA) is 58.6 Å². The highest BCUT2D eigenvalue weighted by molar-refractivity contribution is 5.95. The number of methoxy groups -OCH3 is 1. The molecular weight excluding hydrogens is 340 g/mol. The van der Waals surface area contributed by atoms with E-state index in [9.17, 15) is 9.59 Å². The van der Waals surface area contributed by atoms with Crippen LogP contribution in [0, 0.1) is 0 Å². The minimum atomic E-state index is -0.392. The second-order valence-electron chi connectivity index (χ2n) is 7.88. The summed E-state index contributed by atoms with van der Waals surface area (Å²) in [7, 11) is 1.36. The number of hydrogen-bond donors (Lipinski definition) is 1. The van der Waals surface area contributed by atoms with Crippen molar-refractivity contribution in [1.29, 1.82) is 0 Å². The minimum Gasteiger partial charge on any atom is -0.465 e. The Bertz CT molecular complexity index is 616. The molecule has 0 spiro atoms. The van der Waals surface area contributed by atoms with Gasteiger partial charge >= 0.3 is 5.97 Å². The van der Waals surface area contributed by atoms with E-state index in [2.05, 4.69) is 10.2 Å². The van der Waals surface area contributed by atoms with E-state index in [1.807, 2.05) is 6.07 Å². The first-order valence-corrected chi connectivity index (χ1v) is 10.4. The van der Waals surface area contributed by atoms with Crippen LogP contribution in [0.15, 0.2) is 24.3 Å². The summed E-state index contributed by atoms with van der Waals surface area (Å²) in [6.07, 6.45) is 12.6. The fourth-order valence-electron chi connectivity index (χ4n) is 4.59. The van der Waals surface area contributed by atoms with Crippen LogP contribution in [-0.4, -0.2) is 42.5 Å². The molecule has 2 fully saturated rings. The molecule has 5 nitrogen and oxygen atoms in total. The third-order valence-corrected chi connectivity index (χ3v) is 5.98. The number of rotatable bonds is 6. The first-order chi connectivity index (χ1) is 13.2. The van der Waals surface area contributed by atoms with Gasteiger partial charge in [-0.05, 0) is 43.9 Å². The molecule has 1 N–H and O–H groups in total. The Balaban J connectivity index is 1.65. The van der Waals surface area contributed by atoms with E-state index in [1.165, 1.54) is 71.3 Å². The number of hydrogen-bond acceptors (Lipinski definition) is 4. The van der Waals surface area contributed by atoms with Gasteiger partial charge in [-0.15, -0.1) is 0 Å². The zero-order valence-electron chi connectivity index (χ0n) is 16.4. The maximum absolute atomic E-state index is 12.8. The lowest BCUT2D eigenvalue weighted by Gasteiger charge is -2.41. The van der Waals surface area contributed by atoms with Crippen molar-refractivity contribution in [2.75, 3.05) is 19.0 Å². The molecule has 2 aliphatic carbocycles. The number of anilines is 1. The molecule has 2 saturated carbocycles. The standard InChI is InChI=1S/C22H32N2O3/c1-27-22(26)17-9-8-10-18(15-17)23-21(25)16-24(19-11-4-2-5-12-19)20-13-6-3-7-14-20/h8-10,15,19-20H,2-7,11-14,16H2,1H3,(H,23,25). The van der Waals surface area contributed by atoms with Gasteiger partial charge in [0.2, 0.25) is 5.91 Å². The predicted octanol–water partition coefficient (Wildman–Crippen LogP) is 4.38. The summed E-state index contributed by atoms with van der Waals surface area (Å²) >= 11 is 0. The van der Waals surface area contributed by atoms with Crippen molar-refractivity contribution in [2.45, 2.75) is 76.3 Å². The molecule has 0 radical (unpaired) electrons. The van der Waals surface area contributed by atoms with Gasteiger partial charge in [0.25, 0.3) is 0 Å². The molecule has 0 saturated heterocycles. The summed E-state index contributed by atoms with van der Waals surface area (Å²) in [5, 5.41) is 2.98. The van der Waals surface area contributed by atoms with Gasteiger partial charge in [-0.1, -0.05) is 44.6 Å². The third kappa shape index (κ3) is 5.55. The summed E-state index contributed by atoms with van der Waals surface area (Å²) in [5.74, 6) is -0.384. The highest BCUT2D eigenvalue weighted by Crippen LogP contribution is 2.30. The Morgan fingerprint density at radius 1 is 1.00 bits per heavy atom. The normalized spacial score (nSPS) is 19.0. The highest BCUT2D eigenvalue weighted by atomic mass is 16.5. The molecule has 27 heavy (non-hydrogen) atoms. The van der Waals surface area contributed by atoms with Gasteiger partial charge in [-0.25, -0.2) is 4.79 Å². The van der Waals surface area contributed by atoms with Gasteiger partial charge in [0.15, 0.2) is 0 Å². The maximum atomic E-state index is 12.8. The lowest BCUT2D eigenvalue weighted by atomic mass is 9.88. The van der Waals surface area contributed by atoms with Crippen LogP contribution >= 0.6 is 0 Å². The lowest BCUT2D eigenvalue weighted by molar-refractivity contribution is -0.119. The second kappa shape index (κ2) is 9.88. The first-order valence-electron chi connectivity index (χ1n) is 10.4. The van der Waals surface area contributed by atoms with Gasteiger partial charge < -0.3 is 10.1 Å². The summed E-state index contributed by atoms with van der Waals surface area (Å²) in [5.41, 5.74) is 1.10. The molecule has 0 bridgehead atoms. The molecule has 0 unspecified atom stereocenters. The van der Waals surface area contributed by atoms with Crippen molar-refractivity contribution < 1.29 is 14.3 Å². The van der Waals surface area contributed by atoms with Gasteiger partial charge in [0.05, 0.1) is 19.2 Å². The van der Waals surface area contributed by atoms with Crippen LogP contribution in [-0.2, 0) is 9.53 Å².